The summed E-state index contributed by atoms with van der Waals surface area (Å²) in [6, 6.07) is -1.19. The van der Waals surface area contributed by atoms with Gasteiger partial charge < -0.3 is 20.5 Å². The first kappa shape index (κ1) is 7.35. The molecule has 2 aliphatic heterocycles. The molecule has 2 fully saturated rings. The summed E-state index contributed by atoms with van der Waals surface area (Å²) in [5, 5.41) is 2.43. The van der Waals surface area contributed by atoms with Crippen LogP contribution in [-0.4, -0.2) is 36.9 Å². The lowest BCUT2D eigenvalue weighted by molar-refractivity contribution is -0.144. The average Bonchev–Trinajstić information content (AvgIpc) is 2.31. The van der Waals surface area contributed by atoms with E-state index in [2.05, 4.69) is 10.1 Å². The zero-order chi connectivity index (χ0) is 8.72. The summed E-state index contributed by atoms with van der Waals surface area (Å²) in [7, 11) is 0. The fourth-order valence-corrected chi connectivity index (χ4v) is 1.33. The van der Waals surface area contributed by atoms with Crippen molar-refractivity contribution in [3.63, 3.8) is 0 Å². The molecule has 0 aromatic carbocycles. The molecule has 1 amide bonds. The Balaban J connectivity index is 2.15. The average molecular weight is 172 g/mol. The molecule has 6 heteroatoms. The van der Waals surface area contributed by atoms with Crippen LogP contribution < -0.4 is 11.1 Å². The first-order valence-corrected chi connectivity index (χ1v) is 3.58. The van der Waals surface area contributed by atoms with E-state index in [0.717, 1.165) is 0 Å². The van der Waals surface area contributed by atoms with Gasteiger partial charge in [-0.1, -0.05) is 0 Å². The van der Waals surface area contributed by atoms with E-state index in [0.29, 0.717) is 0 Å². The normalized spacial score (nSPS) is 39.6. The van der Waals surface area contributed by atoms with Gasteiger partial charge in [-0.25, -0.2) is 4.79 Å². The number of hydrogen-bond acceptors (Lipinski definition) is 5. The van der Waals surface area contributed by atoms with E-state index in [1.54, 1.807) is 0 Å². The van der Waals surface area contributed by atoms with E-state index in [-0.39, 0.29) is 6.61 Å². The monoisotopic (exact) mass is 172 g/mol. The van der Waals surface area contributed by atoms with Crippen molar-refractivity contribution in [2.75, 3.05) is 6.61 Å². The van der Waals surface area contributed by atoms with Crippen LogP contribution in [0, 0.1) is 0 Å². The second-order valence-corrected chi connectivity index (χ2v) is 2.77. The first-order chi connectivity index (χ1) is 5.68. The Morgan fingerprint density at radius 3 is 3.00 bits per heavy atom. The van der Waals surface area contributed by atoms with Crippen LogP contribution in [0.3, 0.4) is 0 Å². The number of carbonyl (C=O) groups is 2. The number of hydrogen-bond donors (Lipinski definition) is 2. The SMILES string of the molecule is N[C@H]1C(=O)O[C@@H]2COC(=O)N[C@@H]21. The fraction of sp³-hybridized carbons (Fsp3) is 0.667. The predicted molar refractivity (Wildman–Crippen MR) is 36.1 cm³/mol. The highest BCUT2D eigenvalue weighted by Gasteiger charge is 2.46. The fourth-order valence-electron chi connectivity index (χ4n) is 1.33. The van der Waals surface area contributed by atoms with Crippen molar-refractivity contribution < 1.29 is 19.1 Å². The van der Waals surface area contributed by atoms with Crippen molar-refractivity contribution in [2.45, 2.75) is 18.2 Å². The number of nitrogens with two attached hydrogens (primary N) is 1. The predicted octanol–water partition coefficient (Wildman–Crippen LogP) is -1.65. The molecule has 0 saturated carbocycles. The van der Waals surface area contributed by atoms with Crippen LogP contribution in [0.1, 0.15) is 0 Å². The lowest BCUT2D eigenvalue weighted by Crippen LogP contribution is -2.55. The van der Waals surface area contributed by atoms with Gasteiger partial charge in [0.1, 0.15) is 12.6 Å². The van der Waals surface area contributed by atoms with Crippen LogP contribution in [0.4, 0.5) is 4.79 Å². The molecule has 2 aliphatic rings. The van der Waals surface area contributed by atoms with Gasteiger partial charge in [-0.05, 0) is 0 Å². The van der Waals surface area contributed by atoms with E-state index in [1.807, 2.05) is 0 Å². The molecule has 12 heavy (non-hydrogen) atoms. The van der Waals surface area contributed by atoms with Crippen LogP contribution >= 0.6 is 0 Å². The molecule has 0 aliphatic carbocycles. The number of carbonyl (C=O) groups excluding carboxylic acids is 2. The highest BCUT2D eigenvalue weighted by Crippen LogP contribution is 2.17. The zero-order valence-electron chi connectivity index (χ0n) is 6.15. The van der Waals surface area contributed by atoms with E-state index >= 15 is 0 Å². The molecular weight excluding hydrogens is 164 g/mol. The molecule has 6 nitrogen and oxygen atoms in total. The number of amides is 1. The lowest BCUT2D eigenvalue weighted by atomic mass is 10.1. The number of cyclic esters (lactones) is 1. The van der Waals surface area contributed by atoms with Crippen LogP contribution in [0.2, 0.25) is 0 Å². The Morgan fingerprint density at radius 1 is 1.50 bits per heavy atom. The topological polar surface area (TPSA) is 90.7 Å². The number of ether oxygens (including phenoxy) is 2. The molecule has 0 spiro atoms. The number of alkyl carbamates (subject to hydrolysis) is 1. The molecule has 0 radical (unpaired) electrons. The van der Waals surface area contributed by atoms with E-state index in [1.165, 1.54) is 0 Å². The van der Waals surface area contributed by atoms with Crippen molar-refractivity contribution in [3.05, 3.63) is 0 Å². The second-order valence-electron chi connectivity index (χ2n) is 2.77. The third-order valence-corrected chi connectivity index (χ3v) is 1.99. The van der Waals surface area contributed by atoms with Gasteiger partial charge in [0.2, 0.25) is 0 Å². The minimum atomic E-state index is -0.761. The van der Waals surface area contributed by atoms with Crippen LogP contribution in [0.15, 0.2) is 0 Å². The molecule has 2 saturated heterocycles. The molecule has 2 rings (SSSR count). The summed E-state index contributed by atoms with van der Waals surface area (Å²) in [5.41, 5.74) is 5.45. The molecule has 0 bridgehead atoms. The van der Waals surface area contributed by atoms with Gasteiger partial charge in [0, 0.05) is 0 Å². The summed E-state index contributed by atoms with van der Waals surface area (Å²) in [6.45, 7) is 0.0932. The Bertz CT molecular complexity index is 242. The molecule has 3 atom stereocenters. The molecule has 0 aromatic heterocycles. The summed E-state index contributed by atoms with van der Waals surface area (Å²) in [5.74, 6) is -0.490. The molecule has 0 aromatic rings. The first-order valence-electron chi connectivity index (χ1n) is 3.58. The summed E-state index contributed by atoms with van der Waals surface area (Å²) in [4.78, 5) is 21.6. The van der Waals surface area contributed by atoms with Crippen molar-refractivity contribution in [1.29, 1.82) is 0 Å². The van der Waals surface area contributed by atoms with Crippen molar-refractivity contribution in [2.24, 2.45) is 5.73 Å². The molecule has 0 unspecified atom stereocenters. The smallest absolute Gasteiger partial charge is 0.407 e. The highest BCUT2D eigenvalue weighted by molar-refractivity contribution is 5.81. The van der Waals surface area contributed by atoms with E-state index < -0.39 is 30.3 Å². The van der Waals surface area contributed by atoms with Crippen molar-refractivity contribution in [1.82, 2.24) is 5.32 Å². The van der Waals surface area contributed by atoms with Gasteiger partial charge in [0.25, 0.3) is 0 Å². The number of rotatable bonds is 0. The van der Waals surface area contributed by atoms with Gasteiger partial charge in [-0.2, -0.15) is 0 Å². The van der Waals surface area contributed by atoms with Gasteiger partial charge in [0.05, 0.1) is 6.04 Å². The number of fused-ring (bicyclic) bond motifs is 1. The van der Waals surface area contributed by atoms with Crippen LogP contribution in [-0.2, 0) is 14.3 Å². The van der Waals surface area contributed by atoms with Crippen molar-refractivity contribution >= 4 is 12.1 Å². The third kappa shape index (κ3) is 0.918. The molecule has 2 heterocycles. The number of esters is 1. The Hall–Kier alpha value is -1.30. The third-order valence-electron chi connectivity index (χ3n) is 1.99. The quantitative estimate of drug-likeness (QED) is 0.427. The minimum absolute atomic E-state index is 0.0932. The van der Waals surface area contributed by atoms with Crippen LogP contribution in [0.5, 0.6) is 0 Å². The lowest BCUT2D eigenvalue weighted by Gasteiger charge is -2.24. The van der Waals surface area contributed by atoms with Crippen molar-refractivity contribution in [3.8, 4) is 0 Å². The summed E-state index contributed by atoms with van der Waals surface area (Å²) >= 11 is 0. The summed E-state index contributed by atoms with van der Waals surface area (Å²) < 4.78 is 9.43. The van der Waals surface area contributed by atoms with Gasteiger partial charge >= 0.3 is 12.1 Å². The molecule has 66 valence electrons. The molecular formula is C6H8N2O4. The van der Waals surface area contributed by atoms with E-state index in [9.17, 15) is 9.59 Å². The maximum Gasteiger partial charge on any atom is 0.407 e. The Labute approximate surface area is 68.0 Å². The maximum atomic E-state index is 10.9. The van der Waals surface area contributed by atoms with Gasteiger partial charge in [0.15, 0.2) is 6.10 Å². The van der Waals surface area contributed by atoms with Gasteiger partial charge in [-0.3, -0.25) is 4.79 Å². The maximum absolute atomic E-state index is 10.9. The second kappa shape index (κ2) is 2.34. The molecule has 3 N–H and O–H groups in total. The Morgan fingerprint density at radius 2 is 2.25 bits per heavy atom. The standard InChI is InChI=1S/C6H8N2O4/c7-3-4-2(12-5(3)9)1-11-6(10)8-4/h2-4H,1,7H2,(H,8,10)/t2-,3-,4+/m1/s1. The number of nitrogens with one attached hydrogen (secondary N) is 1. The minimum Gasteiger partial charge on any atom is -0.455 e. The Kier molecular flexibility index (Phi) is 1.44. The largest absolute Gasteiger partial charge is 0.455 e. The van der Waals surface area contributed by atoms with E-state index in [4.69, 9.17) is 10.5 Å². The van der Waals surface area contributed by atoms with Crippen LogP contribution in [0.25, 0.3) is 0 Å². The summed E-state index contributed by atoms with van der Waals surface area (Å²) in [6.07, 6.45) is -0.977. The zero-order valence-corrected chi connectivity index (χ0v) is 6.15. The van der Waals surface area contributed by atoms with Gasteiger partial charge in [-0.15, -0.1) is 0 Å². The highest BCUT2D eigenvalue weighted by atomic mass is 16.6.